The van der Waals surface area contributed by atoms with Gasteiger partial charge in [-0.05, 0) is 25.2 Å². The summed E-state index contributed by atoms with van der Waals surface area (Å²) in [4.78, 5) is 42.4. The van der Waals surface area contributed by atoms with Gasteiger partial charge in [0.15, 0.2) is 5.69 Å². The number of aromatic amines is 1. The standard InChI is InChI=1S/C20H32F3N5O3/c1-4-5-9-27(15(29)11-26(12-20(21,22)23)14-7-6-8-14)16-17(24)28(10-13(2)3)19(31)25-18(16)30/h13-14H,4-12,24H2,1-3H3,(H,25,30,31). The van der Waals surface area contributed by atoms with Crippen LogP contribution in [0.1, 0.15) is 52.9 Å². The van der Waals surface area contributed by atoms with Crippen molar-refractivity contribution >= 4 is 17.4 Å². The summed E-state index contributed by atoms with van der Waals surface area (Å²) in [6.45, 7) is 4.30. The number of hydrogen-bond donors (Lipinski definition) is 2. The predicted octanol–water partition coefficient (Wildman–Crippen LogP) is 2.32. The van der Waals surface area contributed by atoms with Crippen LogP contribution in [0.4, 0.5) is 24.7 Å². The molecule has 3 N–H and O–H groups in total. The lowest BCUT2D eigenvalue weighted by atomic mass is 9.91. The molecule has 1 fully saturated rings. The Morgan fingerprint density at radius 2 is 1.94 bits per heavy atom. The molecule has 0 spiro atoms. The summed E-state index contributed by atoms with van der Waals surface area (Å²) in [7, 11) is 0. The number of aromatic nitrogens is 2. The molecule has 1 aromatic heterocycles. The minimum atomic E-state index is -4.44. The second-order valence-corrected chi connectivity index (χ2v) is 8.50. The van der Waals surface area contributed by atoms with Crippen molar-refractivity contribution in [1.29, 1.82) is 0 Å². The molecule has 0 aliphatic heterocycles. The van der Waals surface area contributed by atoms with Crippen LogP contribution in [-0.4, -0.2) is 52.2 Å². The average Bonchev–Trinajstić information content (AvgIpc) is 2.58. The van der Waals surface area contributed by atoms with E-state index in [0.29, 0.717) is 25.7 Å². The maximum absolute atomic E-state index is 13.1. The minimum absolute atomic E-state index is 0.0411. The average molecular weight is 448 g/mol. The second-order valence-electron chi connectivity index (χ2n) is 8.50. The number of nitrogen functional groups attached to an aromatic ring is 1. The number of halogens is 3. The second kappa shape index (κ2) is 10.3. The Morgan fingerprint density at radius 1 is 1.29 bits per heavy atom. The fourth-order valence-corrected chi connectivity index (χ4v) is 3.62. The molecular formula is C20H32F3N5O3. The van der Waals surface area contributed by atoms with Gasteiger partial charge in [0.1, 0.15) is 5.82 Å². The molecule has 11 heteroatoms. The van der Waals surface area contributed by atoms with Crippen molar-refractivity contribution in [3.63, 3.8) is 0 Å². The molecule has 1 saturated carbocycles. The van der Waals surface area contributed by atoms with Gasteiger partial charge < -0.3 is 10.6 Å². The molecule has 1 heterocycles. The van der Waals surface area contributed by atoms with Crippen LogP contribution in [0.25, 0.3) is 0 Å². The topological polar surface area (TPSA) is 104 Å². The fraction of sp³-hybridized carbons (Fsp3) is 0.750. The Bertz CT molecular complexity index is 874. The fourth-order valence-electron chi connectivity index (χ4n) is 3.62. The molecule has 1 aliphatic carbocycles. The molecule has 8 nitrogen and oxygen atoms in total. The Hall–Kier alpha value is -2.30. The first-order valence-corrected chi connectivity index (χ1v) is 10.7. The van der Waals surface area contributed by atoms with E-state index in [0.717, 1.165) is 16.2 Å². The first kappa shape index (κ1) is 25.0. The van der Waals surface area contributed by atoms with Crippen molar-refractivity contribution in [2.24, 2.45) is 5.92 Å². The lowest BCUT2D eigenvalue weighted by Gasteiger charge is -2.38. The highest BCUT2D eigenvalue weighted by molar-refractivity contribution is 5.96. The zero-order chi connectivity index (χ0) is 23.3. The number of carbonyl (C=O) groups is 1. The lowest BCUT2D eigenvalue weighted by molar-refractivity contribution is -0.156. The molecule has 0 atom stereocenters. The van der Waals surface area contributed by atoms with E-state index in [2.05, 4.69) is 4.98 Å². The van der Waals surface area contributed by atoms with Crippen molar-refractivity contribution < 1.29 is 18.0 Å². The van der Waals surface area contributed by atoms with Gasteiger partial charge >= 0.3 is 11.9 Å². The van der Waals surface area contributed by atoms with Crippen molar-refractivity contribution in [2.45, 2.75) is 71.6 Å². The van der Waals surface area contributed by atoms with E-state index in [-0.39, 0.29) is 36.6 Å². The van der Waals surface area contributed by atoms with Gasteiger partial charge in [-0.25, -0.2) is 4.79 Å². The van der Waals surface area contributed by atoms with Gasteiger partial charge in [-0.15, -0.1) is 0 Å². The summed E-state index contributed by atoms with van der Waals surface area (Å²) in [5, 5.41) is 0. The third kappa shape index (κ3) is 6.59. The SMILES string of the molecule is CCCCN(C(=O)CN(CC(F)(F)F)C1CCC1)c1c(N)n(CC(C)C)c(=O)[nH]c1=O. The van der Waals surface area contributed by atoms with Gasteiger partial charge in [0, 0.05) is 19.1 Å². The third-order valence-corrected chi connectivity index (χ3v) is 5.38. The maximum atomic E-state index is 13.1. The highest BCUT2D eigenvalue weighted by Crippen LogP contribution is 2.28. The molecule has 0 unspecified atom stereocenters. The molecule has 176 valence electrons. The molecule has 0 bridgehead atoms. The van der Waals surface area contributed by atoms with Gasteiger partial charge in [0.05, 0.1) is 13.1 Å². The highest BCUT2D eigenvalue weighted by Gasteiger charge is 2.38. The van der Waals surface area contributed by atoms with Gasteiger partial charge in [-0.2, -0.15) is 13.2 Å². The normalized spacial score (nSPS) is 14.8. The van der Waals surface area contributed by atoms with Crippen molar-refractivity contribution in [3.05, 3.63) is 20.8 Å². The van der Waals surface area contributed by atoms with Crippen LogP contribution in [0, 0.1) is 5.92 Å². The Kier molecular flexibility index (Phi) is 8.33. The van der Waals surface area contributed by atoms with E-state index in [9.17, 15) is 27.6 Å². The number of carbonyl (C=O) groups excluding carboxylic acids is 1. The van der Waals surface area contributed by atoms with Crippen molar-refractivity contribution in [1.82, 2.24) is 14.5 Å². The molecule has 2 rings (SSSR count). The summed E-state index contributed by atoms with van der Waals surface area (Å²) in [5.74, 6) is -0.756. The Labute approximate surface area is 179 Å². The molecular weight excluding hydrogens is 415 g/mol. The number of unbranched alkanes of at least 4 members (excludes halogenated alkanes) is 1. The van der Waals surface area contributed by atoms with Crippen LogP contribution in [0.15, 0.2) is 9.59 Å². The largest absolute Gasteiger partial charge is 0.401 e. The number of nitrogens with zero attached hydrogens (tertiary/aromatic N) is 3. The third-order valence-electron chi connectivity index (χ3n) is 5.38. The predicted molar refractivity (Wildman–Crippen MR) is 113 cm³/mol. The van der Waals surface area contributed by atoms with E-state index < -0.39 is 36.4 Å². The van der Waals surface area contributed by atoms with Crippen LogP contribution in [0.2, 0.25) is 0 Å². The molecule has 1 aromatic rings. The van der Waals surface area contributed by atoms with E-state index in [1.807, 2.05) is 20.8 Å². The Balaban J connectivity index is 2.41. The number of H-pyrrole nitrogens is 1. The van der Waals surface area contributed by atoms with Crippen LogP contribution < -0.4 is 21.9 Å². The summed E-state index contributed by atoms with van der Waals surface area (Å²) in [6, 6.07) is -0.316. The van der Waals surface area contributed by atoms with Gasteiger partial charge in [-0.3, -0.25) is 24.0 Å². The molecule has 1 amide bonds. The number of hydrogen-bond acceptors (Lipinski definition) is 5. The van der Waals surface area contributed by atoms with Crippen molar-refractivity contribution in [2.75, 3.05) is 30.3 Å². The summed E-state index contributed by atoms with van der Waals surface area (Å²) in [6.07, 6.45) is -1.20. The number of rotatable bonds is 10. The first-order valence-electron chi connectivity index (χ1n) is 10.7. The Morgan fingerprint density at radius 3 is 2.42 bits per heavy atom. The molecule has 0 saturated heterocycles. The van der Waals surface area contributed by atoms with Crippen LogP contribution in [-0.2, 0) is 11.3 Å². The van der Waals surface area contributed by atoms with E-state index in [1.165, 1.54) is 4.57 Å². The van der Waals surface area contributed by atoms with Gasteiger partial charge in [-0.1, -0.05) is 33.6 Å². The quantitative estimate of drug-likeness (QED) is 0.573. The van der Waals surface area contributed by atoms with Crippen LogP contribution in [0.3, 0.4) is 0 Å². The van der Waals surface area contributed by atoms with Crippen LogP contribution in [0.5, 0.6) is 0 Å². The number of nitrogens with two attached hydrogens (primary N) is 1. The molecule has 0 aromatic carbocycles. The zero-order valence-corrected chi connectivity index (χ0v) is 18.3. The molecule has 31 heavy (non-hydrogen) atoms. The summed E-state index contributed by atoms with van der Waals surface area (Å²) < 4.78 is 40.4. The number of nitrogens with one attached hydrogen (secondary N) is 1. The summed E-state index contributed by atoms with van der Waals surface area (Å²) in [5.41, 5.74) is 4.44. The maximum Gasteiger partial charge on any atom is 0.401 e. The highest BCUT2D eigenvalue weighted by atomic mass is 19.4. The summed E-state index contributed by atoms with van der Waals surface area (Å²) >= 11 is 0. The number of amides is 1. The van der Waals surface area contributed by atoms with Crippen molar-refractivity contribution in [3.8, 4) is 0 Å². The van der Waals surface area contributed by atoms with Crippen LogP contribution >= 0.6 is 0 Å². The minimum Gasteiger partial charge on any atom is -0.383 e. The van der Waals surface area contributed by atoms with Gasteiger partial charge in [0.2, 0.25) is 5.91 Å². The number of anilines is 2. The number of alkyl halides is 3. The molecule has 0 radical (unpaired) electrons. The first-order chi connectivity index (χ1) is 14.4. The molecule has 1 aliphatic rings. The van der Waals surface area contributed by atoms with E-state index in [4.69, 9.17) is 5.73 Å². The van der Waals surface area contributed by atoms with E-state index >= 15 is 0 Å². The lowest BCUT2D eigenvalue weighted by Crippen LogP contribution is -2.51. The monoisotopic (exact) mass is 447 g/mol. The van der Waals surface area contributed by atoms with E-state index in [1.54, 1.807) is 0 Å². The van der Waals surface area contributed by atoms with Gasteiger partial charge in [0.25, 0.3) is 5.56 Å². The zero-order valence-electron chi connectivity index (χ0n) is 18.3. The smallest absolute Gasteiger partial charge is 0.383 e.